The Morgan fingerprint density at radius 2 is 1.10 bits per heavy atom. The van der Waals surface area contributed by atoms with E-state index >= 15 is 0 Å². The molecule has 7 N–H and O–H groups in total. The number of rotatable bonds is 32. The van der Waals surface area contributed by atoms with Gasteiger partial charge in [0.25, 0.3) is 0 Å². The maximum Gasteiger partial charge on any atom is 0.326 e. The van der Waals surface area contributed by atoms with Crippen LogP contribution in [0.25, 0.3) is 0 Å². The second kappa shape index (κ2) is 28.2. The van der Waals surface area contributed by atoms with Crippen LogP contribution in [0, 0.1) is 5.92 Å². The number of carbonyl (C=O) groups is 4. The molecule has 1 aliphatic rings. The normalized spacial score (nSPS) is 20.6. The molecule has 0 radical (unpaired) electrons. The number of carboxylic acid groups (broad SMARTS) is 2. The van der Waals surface area contributed by atoms with Crippen LogP contribution in [0.3, 0.4) is 0 Å². The summed E-state index contributed by atoms with van der Waals surface area (Å²) in [6.07, 6.45) is 14.3. The van der Waals surface area contributed by atoms with Gasteiger partial charge in [-0.25, -0.2) is 4.79 Å². The van der Waals surface area contributed by atoms with Crippen LogP contribution in [0.5, 0.6) is 0 Å². The van der Waals surface area contributed by atoms with Crippen LogP contribution in [-0.2, 0) is 28.7 Å². The van der Waals surface area contributed by atoms with E-state index in [9.17, 15) is 39.6 Å². The highest BCUT2D eigenvalue weighted by molar-refractivity contribution is 5.91. The molecule has 13 nitrogen and oxygen atoms in total. The lowest BCUT2D eigenvalue weighted by molar-refractivity contribution is -0.181. The number of carboxylic acids is 2. The van der Waals surface area contributed by atoms with Crippen molar-refractivity contribution in [2.75, 3.05) is 6.61 Å². The zero-order chi connectivity index (χ0) is 38.0. The van der Waals surface area contributed by atoms with Crippen molar-refractivity contribution in [1.29, 1.82) is 0 Å². The number of hydrogen-bond donors (Lipinski definition) is 7. The molecule has 1 heterocycles. The molecular weight excluding hydrogens is 660 g/mol. The van der Waals surface area contributed by atoms with E-state index in [-0.39, 0.29) is 18.2 Å². The Morgan fingerprint density at radius 3 is 1.51 bits per heavy atom. The summed E-state index contributed by atoms with van der Waals surface area (Å²) in [5.74, 6) is -4.30. The lowest BCUT2D eigenvalue weighted by atomic mass is 9.93. The third-order valence-electron chi connectivity index (χ3n) is 9.74. The molecule has 1 aliphatic heterocycles. The highest BCUT2D eigenvalue weighted by Gasteiger charge is 2.46. The predicted octanol–water partition coefficient (Wildman–Crippen LogP) is 5.21. The molecule has 0 spiro atoms. The summed E-state index contributed by atoms with van der Waals surface area (Å²) >= 11 is 0. The summed E-state index contributed by atoms with van der Waals surface area (Å²) in [5.41, 5.74) is 0. The lowest BCUT2D eigenvalue weighted by Crippen LogP contribution is -2.55. The molecule has 0 saturated carbocycles. The van der Waals surface area contributed by atoms with Crippen molar-refractivity contribution in [2.24, 2.45) is 5.92 Å². The number of unbranched alkanes of at least 4 members (excludes halogenated alkanes) is 16. The first-order valence-electron chi connectivity index (χ1n) is 19.8. The van der Waals surface area contributed by atoms with E-state index in [1.165, 1.54) is 71.1 Å². The Balaban J connectivity index is 2.97. The van der Waals surface area contributed by atoms with Crippen LogP contribution in [0.4, 0.5) is 0 Å². The van der Waals surface area contributed by atoms with Crippen molar-refractivity contribution >= 4 is 23.8 Å². The van der Waals surface area contributed by atoms with E-state index in [0.29, 0.717) is 12.8 Å². The molecule has 0 unspecified atom stereocenters. The summed E-state index contributed by atoms with van der Waals surface area (Å²) < 4.78 is 11.1. The van der Waals surface area contributed by atoms with E-state index in [1.807, 2.05) is 0 Å². The second-order valence-corrected chi connectivity index (χ2v) is 14.3. The van der Waals surface area contributed by atoms with Gasteiger partial charge in [0.15, 0.2) is 6.29 Å². The number of aliphatic hydroxyl groups excluding tert-OH is 3. The minimum absolute atomic E-state index is 0.370. The zero-order valence-electron chi connectivity index (χ0n) is 31.6. The Hall–Kier alpha value is -2.32. The van der Waals surface area contributed by atoms with E-state index in [1.54, 1.807) is 0 Å². The quantitative estimate of drug-likeness (QED) is 0.0447. The molecule has 1 rings (SSSR count). The minimum atomic E-state index is -1.54. The Morgan fingerprint density at radius 1 is 0.647 bits per heavy atom. The maximum absolute atomic E-state index is 13.8. The summed E-state index contributed by atoms with van der Waals surface area (Å²) in [6, 6.07) is -2.93. The van der Waals surface area contributed by atoms with Crippen molar-refractivity contribution in [3.8, 4) is 0 Å². The van der Waals surface area contributed by atoms with Crippen LogP contribution in [0.2, 0.25) is 0 Å². The van der Waals surface area contributed by atoms with Crippen molar-refractivity contribution in [1.82, 2.24) is 10.6 Å². The summed E-state index contributed by atoms with van der Waals surface area (Å²) in [4.78, 5) is 50.1. The monoisotopic (exact) mass is 730 g/mol. The molecular formula is C38H70N2O11. The first kappa shape index (κ1) is 46.7. The molecule has 0 aliphatic carbocycles. The third kappa shape index (κ3) is 20.5. The Labute approximate surface area is 305 Å². The van der Waals surface area contributed by atoms with Gasteiger partial charge in [0, 0.05) is 12.3 Å². The number of nitrogens with one attached hydrogen (secondary N) is 2. The molecule has 0 aromatic heterocycles. The summed E-state index contributed by atoms with van der Waals surface area (Å²) in [6.45, 7) is 5.24. The second-order valence-electron chi connectivity index (χ2n) is 14.3. The van der Waals surface area contributed by atoms with Gasteiger partial charge in [-0.1, -0.05) is 129 Å². The van der Waals surface area contributed by atoms with Crippen molar-refractivity contribution in [3.63, 3.8) is 0 Å². The van der Waals surface area contributed by atoms with Gasteiger partial charge >= 0.3 is 11.9 Å². The first-order chi connectivity index (χ1) is 24.4. The molecule has 0 aromatic rings. The number of amides is 2. The van der Waals surface area contributed by atoms with Gasteiger partial charge in [0.05, 0.1) is 12.7 Å². The molecule has 1 fully saturated rings. The SMILES string of the molecule is CCCCCCCCCCCC(CCCCCCCCCCC)C(=O)N[C@H](CO[C@@H]1O[C@H]([C@H](C)O)[C@@H](O)[C@@H]1O)C(=O)N[C@@H](CCC(=O)O)C(=O)O. The fourth-order valence-corrected chi connectivity index (χ4v) is 6.48. The summed E-state index contributed by atoms with van der Waals surface area (Å²) in [7, 11) is 0. The molecule has 2 amide bonds. The fraction of sp³-hybridized carbons (Fsp3) is 0.895. The van der Waals surface area contributed by atoms with Gasteiger partial charge in [-0.05, 0) is 26.2 Å². The highest BCUT2D eigenvalue weighted by atomic mass is 16.7. The highest BCUT2D eigenvalue weighted by Crippen LogP contribution is 2.25. The average molecular weight is 731 g/mol. The van der Waals surface area contributed by atoms with Crippen LogP contribution < -0.4 is 10.6 Å². The van der Waals surface area contributed by atoms with Crippen LogP contribution in [-0.4, -0.2) is 98.7 Å². The van der Waals surface area contributed by atoms with E-state index < -0.39 is 73.7 Å². The van der Waals surface area contributed by atoms with E-state index in [4.69, 9.17) is 14.6 Å². The maximum atomic E-state index is 13.8. The number of aliphatic hydroxyl groups is 3. The van der Waals surface area contributed by atoms with Gasteiger partial charge in [0.1, 0.15) is 30.4 Å². The van der Waals surface area contributed by atoms with Crippen molar-refractivity contribution < 1.29 is 54.2 Å². The van der Waals surface area contributed by atoms with Gasteiger partial charge in [-0.3, -0.25) is 14.4 Å². The topological polar surface area (TPSA) is 212 Å². The molecule has 1 saturated heterocycles. The molecule has 298 valence electrons. The van der Waals surface area contributed by atoms with Crippen LogP contribution in [0.1, 0.15) is 162 Å². The molecule has 0 aromatic carbocycles. The van der Waals surface area contributed by atoms with Crippen molar-refractivity contribution in [3.05, 3.63) is 0 Å². The number of ether oxygens (including phenoxy) is 2. The standard InChI is InChI=1S/C38H70N2O11/c1-4-6-8-10-12-14-16-18-20-22-28(23-21-19-17-15-13-11-9-7-5-2)35(46)40-30(36(47)39-29(37(48)49)24-25-31(42)43)26-50-38-33(45)32(44)34(51-38)27(3)41/h27-30,32-34,38,41,44-45H,4-26H2,1-3H3,(H,39,47)(H,40,46)(H,42,43)(H,48,49)/t27-,29-,30+,32-,33-,34+,38+/m0/s1. The Kier molecular flexibility index (Phi) is 25.8. The lowest BCUT2D eigenvalue weighted by Gasteiger charge is -2.25. The fourth-order valence-electron chi connectivity index (χ4n) is 6.48. The average Bonchev–Trinajstić information content (AvgIpc) is 3.38. The predicted molar refractivity (Wildman–Crippen MR) is 194 cm³/mol. The smallest absolute Gasteiger partial charge is 0.326 e. The molecule has 0 bridgehead atoms. The number of carbonyl (C=O) groups excluding carboxylic acids is 2. The number of hydrogen-bond acceptors (Lipinski definition) is 9. The van der Waals surface area contributed by atoms with Crippen molar-refractivity contribution in [2.45, 2.75) is 205 Å². The Bertz CT molecular complexity index is 944. The van der Waals surface area contributed by atoms with Gasteiger partial charge in [-0.15, -0.1) is 0 Å². The molecule has 13 heteroatoms. The number of aliphatic carboxylic acids is 2. The van der Waals surface area contributed by atoms with E-state index in [0.717, 1.165) is 51.4 Å². The van der Waals surface area contributed by atoms with E-state index in [2.05, 4.69) is 24.5 Å². The third-order valence-corrected chi connectivity index (χ3v) is 9.74. The first-order valence-corrected chi connectivity index (χ1v) is 19.8. The largest absolute Gasteiger partial charge is 0.481 e. The van der Waals surface area contributed by atoms with Crippen LogP contribution in [0.15, 0.2) is 0 Å². The van der Waals surface area contributed by atoms with Gasteiger partial charge < -0.3 is 45.6 Å². The summed E-state index contributed by atoms with van der Waals surface area (Å²) in [5, 5.41) is 54.3. The zero-order valence-corrected chi connectivity index (χ0v) is 31.6. The molecule has 7 atom stereocenters. The molecule has 51 heavy (non-hydrogen) atoms. The minimum Gasteiger partial charge on any atom is -0.481 e. The van der Waals surface area contributed by atoms with Crippen LogP contribution >= 0.6 is 0 Å². The van der Waals surface area contributed by atoms with Gasteiger partial charge in [0.2, 0.25) is 11.8 Å². The van der Waals surface area contributed by atoms with Gasteiger partial charge in [-0.2, -0.15) is 0 Å².